The van der Waals surface area contributed by atoms with Gasteiger partial charge in [-0.2, -0.15) is 22.8 Å². The molecule has 2 heterocycles. The molecule has 0 unspecified atom stereocenters. The highest BCUT2D eigenvalue weighted by Crippen LogP contribution is 2.39. The zero-order valence-electron chi connectivity index (χ0n) is 24.2. The molecular weight excluding hydrogens is 677 g/mol. The van der Waals surface area contributed by atoms with Crippen LogP contribution in [0.2, 0.25) is 0 Å². The molecule has 0 saturated carbocycles. The van der Waals surface area contributed by atoms with Crippen molar-refractivity contribution in [1.29, 1.82) is 5.26 Å². The molecule has 0 radical (unpaired) electrons. The fourth-order valence-corrected chi connectivity index (χ4v) is 5.71. The van der Waals surface area contributed by atoms with Gasteiger partial charge >= 0.3 is 6.18 Å². The van der Waals surface area contributed by atoms with E-state index < -0.39 is 21.8 Å². The van der Waals surface area contributed by atoms with Crippen molar-refractivity contribution in [3.8, 4) is 39.8 Å². The van der Waals surface area contributed by atoms with E-state index in [4.69, 9.17) is 30.3 Å². The number of nitrogens with two attached hydrogens (primary N) is 1. The molecule has 5 rings (SSSR count). The quantitative estimate of drug-likeness (QED) is 0.145. The van der Waals surface area contributed by atoms with E-state index in [0.717, 1.165) is 29.7 Å². The van der Waals surface area contributed by atoms with E-state index in [1.165, 1.54) is 24.5 Å². The van der Waals surface area contributed by atoms with Gasteiger partial charge in [-0.25, -0.2) is 13.4 Å². The summed E-state index contributed by atoms with van der Waals surface area (Å²) in [5.41, 5.74) is 7.41. The Bertz CT molecular complexity index is 2010. The van der Waals surface area contributed by atoms with Crippen LogP contribution in [0.3, 0.4) is 0 Å². The van der Waals surface area contributed by atoms with Crippen molar-refractivity contribution in [2.45, 2.75) is 17.6 Å². The Hall–Kier alpha value is -5.90. The average Bonchev–Trinajstić information content (AvgIpc) is 3.58. The van der Waals surface area contributed by atoms with Crippen molar-refractivity contribution in [2.24, 2.45) is 5.73 Å². The molecule has 0 amide bonds. The van der Waals surface area contributed by atoms with Gasteiger partial charge in [-0.05, 0) is 71.3 Å². The molecule has 48 heavy (non-hydrogen) atoms. The van der Waals surface area contributed by atoms with Crippen LogP contribution >= 0.6 is 11.5 Å². The van der Waals surface area contributed by atoms with Crippen molar-refractivity contribution >= 4 is 39.6 Å². The van der Waals surface area contributed by atoms with Gasteiger partial charge in [0.1, 0.15) is 23.9 Å². The standard InChI is InChI=1S/C28H19F3N6O3S2.2CH2O2/c29-28(30,31)21-3-1-2-17(10-21)18-4-6-26(24(13-18)19-8-9-34-22(11-19)15-33)40-25-7-5-23(12-20(25)14-32)42(38,39)37-27-35-16-36-41-27;2*2-1-3/h1-13,16H,15,33H2,(H,35,36,37);2*1H,(H,2,3). The van der Waals surface area contributed by atoms with Gasteiger partial charge in [0.05, 0.1) is 21.7 Å². The molecule has 0 spiro atoms. The summed E-state index contributed by atoms with van der Waals surface area (Å²) in [6, 6.07) is 18.9. The molecule has 5 aromatic rings. The number of carbonyl (C=O) groups is 2. The zero-order valence-corrected chi connectivity index (χ0v) is 25.8. The molecule has 0 saturated heterocycles. The van der Waals surface area contributed by atoms with Crippen LogP contribution in [0.4, 0.5) is 18.3 Å². The van der Waals surface area contributed by atoms with Gasteiger partial charge in [0.2, 0.25) is 5.13 Å². The third-order valence-corrected chi connectivity index (χ3v) is 8.07. The molecule has 3 aromatic carbocycles. The monoisotopic (exact) mass is 700 g/mol. The number of aromatic nitrogens is 3. The van der Waals surface area contributed by atoms with E-state index in [2.05, 4.69) is 19.1 Å². The summed E-state index contributed by atoms with van der Waals surface area (Å²) in [7, 11) is -4.06. The molecule has 0 atom stereocenters. The third-order valence-electron chi connectivity index (χ3n) is 6.02. The second-order valence-electron chi connectivity index (χ2n) is 8.96. The van der Waals surface area contributed by atoms with E-state index in [-0.39, 0.29) is 46.6 Å². The number of hydrogen-bond donors (Lipinski definition) is 4. The first-order valence-corrected chi connectivity index (χ1v) is 15.3. The lowest BCUT2D eigenvalue weighted by Crippen LogP contribution is -2.13. The average molecular weight is 701 g/mol. The maximum atomic E-state index is 13.4. The lowest BCUT2D eigenvalue weighted by Gasteiger charge is -2.16. The molecule has 18 heteroatoms. The highest BCUT2D eigenvalue weighted by atomic mass is 32.2. The topological polar surface area (TPSA) is 218 Å². The van der Waals surface area contributed by atoms with E-state index in [9.17, 15) is 26.9 Å². The Morgan fingerprint density at radius 3 is 2.25 bits per heavy atom. The van der Waals surface area contributed by atoms with Gasteiger partial charge in [-0.1, -0.05) is 18.2 Å². The number of ether oxygens (including phenoxy) is 1. The summed E-state index contributed by atoms with van der Waals surface area (Å²) in [4.78, 5) is 24.5. The van der Waals surface area contributed by atoms with Crippen LogP contribution in [0.1, 0.15) is 16.8 Å². The molecule has 0 fully saturated rings. The number of alkyl halides is 3. The van der Waals surface area contributed by atoms with Crippen LogP contribution in [0.5, 0.6) is 11.5 Å². The van der Waals surface area contributed by atoms with E-state index >= 15 is 0 Å². The van der Waals surface area contributed by atoms with E-state index in [1.54, 1.807) is 42.6 Å². The highest BCUT2D eigenvalue weighted by Gasteiger charge is 2.30. The number of benzene rings is 3. The number of anilines is 1. The third kappa shape index (κ3) is 9.56. The summed E-state index contributed by atoms with van der Waals surface area (Å²) in [5.74, 6) is 0.326. The number of nitriles is 1. The largest absolute Gasteiger partial charge is 0.483 e. The second kappa shape index (κ2) is 16.6. The molecule has 0 aliphatic carbocycles. The van der Waals surface area contributed by atoms with E-state index in [1.807, 2.05) is 6.07 Å². The zero-order chi connectivity index (χ0) is 35.3. The first-order valence-electron chi connectivity index (χ1n) is 13.0. The summed E-state index contributed by atoms with van der Waals surface area (Å²) < 4.78 is 77.8. The van der Waals surface area contributed by atoms with Crippen LogP contribution in [0.15, 0.2) is 90.2 Å². The molecule has 0 bridgehead atoms. The van der Waals surface area contributed by atoms with Crippen LogP contribution in [0, 0.1) is 11.3 Å². The van der Waals surface area contributed by atoms with Crippen molar-refractivity contribution in [3.63, 3.8) is 0 Å². The number of nitrogens with zero attached hydrogens (tertiary/aromatic N) is 4. The molecule has 0 aliphatic heterocycles. The summed E-state index contributed by atoms with van der Waals surface area (Å²) in [6.45, 7) is -0.350. The maximum absolute atomic E-state index is 13.4. The molecule has 0 aliphatic rings. The number of carboxylic acid groups (broad SMARTS) is 2. The maximum Gasteiger partial charge on any atom is 0.416 e. The number of rotatable bonds is 8. The fraction of sp³-hybridized carbons (Fsp3) is 0.0667. The van der Waals surface area contributed by atoms with Crippen molar-refractivity contribution in [1.82, 2.24) is 14.3 Å². The SMILES string of the molecule is N#Cc1cc(S(=O)(=O)Nc2ncns2)ccc1Oc1ccc(-c2cccc(C(F)(F)F)c2)cc1-c1ccnc(CN)c1.O=CO.O=CO. The number of sulfonamides is 1. The summed E-state index contributed by atoms with van der Waals surface area (Å²) in [6.07, 6.45) is -1.76. The number of halogens is 3. The van der Waals surface area contributed by atoms with Crippen molar-refractivity contribution < 1.29 is 46.1 Å². The van der Waals surface area contributed by atoms with Gasteiger partial charge < -0.3 is 20.7 Å². The Kier molecular flexibility index (Phi) is 12.6. The molecule has 13 nitrogen and oxygen atoms in total. The molecule has 5 N–H and O–H groups in total. The highest BCUT2D eigenvalue weighted by molar-refractivity contribution is 7.93. The molecule has 2 aromatic heterocycles. The van der Waals surface area contributed by atoms with Crippen molar-refractivity contribution in [3.05, 3.63) is 102 Å². The Morgan fingerprint density at radius 1 is 0.938 bits per heavy atom. The first kappa shape index (κ1) is 36.6. The lowest BCUT2D eigenvalue weighted by atomic mass is 9.97. The number of nitrogens with one attached hydrogen (secondary N) is 1. The van der Waals surface area contributed by atoms with Crippen LogP contribution in [0.25, 0.3) is 22.3 Å². The van der Waals surface area contributed by atoms with Crippen LogP contribution in [-0.2, 0) is 32.3 Å². The Balaban J connectivity index is 0.000000969. The van der Waals surface area contributed by atoms with Gasteiger partial charge in [0.15, 0.2) is 0 Å². The smallest absolute Gasteiger partial charge is 0.416 e. The van der Waals surface area contributed by atoms with Gasteiger partial charge in [0.25, 0.3) is 23.0 Å². The molecule has 248 valence electrons. The fourth-order valence-electron chi connectivity index (χ4n) is 4.02. The minimum Gasteiger partial charge on any atom is -0.483 e. The predicted molar refractivity (Wildman–Crippen MR) is 167 cm³/mol. The van der Waals surface area contributed by atoms with Gasteiger partial charge in [-0.3, -0.25) is 19.3 Å². The lowest BCUT2D eigenvalue weighted by molar-refractivity contribution is -0.137. The van der Waals surface area contributed by atoms with Crippen molar-refractivity contribution in [2.75, 3.05) is 4.72 Å². The summed E-state index contributed by atoms with van der Waals surface area (Å²) >= 11 is 0.854. The minimum atomic E-state index is -4.51. The van der Waals surface area contributed by atoms with Crippen LogP contribution in [-0.4, -0.2) is 45.9 Å². The normalized spacial score (nSPS) is 10.6. The minimum absolute atomic E-state index is 0.0635. The van der Waals surface area contributed by atoms with E-state index in [0.29, 0.717) is 27.9 Å². The first-order chi connectivity index (χ1) is 22.9. The predicted octanol–water partition coefficient (Wildman–Crippen LogP) is 5.61. The Labute approximate surface area is 275 Å². The van der Waals surface area contributed by atoms with Crippen LogP contribution < -0.4 is 15.2 Å². The number of hydrogen-bond acceptors (Lipinski definition) is 11. The molecular formula is C30H23F3N6O7S2. The second-order valence-corrected chi connectivity index (χ2v) is 11.4. The Morgan fingerprint density at radius 2 is 1.62 bits per heavy atom. The number of pyridine rings is 1. The van der Waals surface area contributed by atoms with Gasteiger partial charge in [-0.15, -0.1) is 0 Å². The summed E-state index contributed by atoms with van der Waals surface area (Å²) in [5, 5.41) is 23.6. The van der Waals surface area contributed by atoms with Gasteiger partial charge in [0, 0.05) is 29.8 Å².